The van der Waals surface area contributed by atoms with E-state index in [1.165, 1.54) is 0 Å². The van der Waals surface area contributed by atoms with Crippen molar-refractivity contribution in [3.63, 3.8) is 0 Å². The topological polar surface area (TPSA) is 216 Å². The van der Waals surface area contributed by atoms with E-state index in [0.29, 0.717) is 0 Å². The van der Waals surface area contributed by atoms with E-state index < -0.39 is 22.2 Å². The molecule has 0 atom stereocenters. The molecule has 0 heterocycles. The minimum atomic E-state index is -1.03. The Morgan fingerprint density at radius 1 is 0.385 bits per heavy atom. The first-order chi connectivity index (χ1) is 11.7. The normalized spacial score (nSPS) is 6.65. The fraction of sp³-hybridized carbons (Fsp3) is 0. The Kier molecular flexibility index (Phi) is 41.0. The molecule has 26 heavy (non-hydrogen) atoms. The van der Waals surface area contributed by atoms with Crippen molar-refractivity contribution < 1.29 is 22.2 Å². The Morgan fingerprint density at radius 2 is 0.423 bits per heavy atom. The quantitative estimate of drug-likeness (QED) is 0.294. The molecule has 150 valence electrons. The van der Waals surface area contributed by atoms with E-state index >= 15 is 0 Å². The minimum Gasteiger partial charge on any atom is -0.243 e. The molecule has 0 N–H and O–H groups in total. The predicted molar refractivity (Wildman–Crippen MR) is 90.7 cm³/mol. The first-order valence-corrected chi connectivity index (χ1v) is 6.36. The van der Waals surface area contributed by atoms with Gasteiger partial charge in [0.25, 0.3) is 0 Å². The van der Waals surface area contributed by atoms with E-state index in [9.17, 15) is 0 Å². The number of hydrogen-bond donors (Lipinski definition) is 0. The van der Waals surface area contributed by atoms with Crippen molar-refractivity contribution in [3.05, 3.63) is 87.0 Å². The number of rotatable bonds is 0. The SMILES string of the molecule is O=[N+]([O-])Cl.O=[N+]([O-])Cl.O=[N+]([O-])Cl.O=[N+]([O-])Cl.O=[N+]([O-])Cl.c1ccccc1. The summed E-state index contributed by atoms with van der Waals surface area (Å²) in [6.07, 6.45) is 0. The van der Waals surface area contributed by atoms with Crippen molar-refractivity contribution in [2.75, 3.05) is 0 Å². The predicted octanol–water partition coefficient (Wildman–Crippen LogP) is 3.77. The van der Waals surface area contributed by atoms with Gasteiger partial charge in [0, 0.05) is 0 Å². The molecule has 1 rings (SSSR count). The Bertz CT molecular complexity index is 392. The van der Waals surface area contributed by atoms with Crippen LogP contribution in [0.2, 0.25) is 0 Å². The molecule has 0 saturated carbocycles. The van der Waals surface area contributed by atoms with Crippen LogP contribution in [0.1, 0.15) is 0 Å². The van der Waals surface area contributed by atoms with E-state index in [2.05, 4.69) is 58.9 Å². The van der Waals surface area contributed by atoms with Crippen molar-refractivity contribution in [3.8, 4) is 0 Å². The molecule has 0 fully saturated rings. The van der Waals surface area contributed by atoms with Gasteiger partial charge in [-0.15, -0.1) is 0 Å². The summed E-state index contributed by atoms with van der Waals surface area (Å²) in [5.74, 6) is 0. The monoisotopic (exact) mass is 483 g/mol. The van der Waals surface area contributed by atoms with Crippen molar-refractivity contribution in [2.24, 2.45) is 0 Å². The molecule has 0 saturated heterocycles. The van der Waals surface area contributed by atoms with Crippen molar-refractivity contribution in [1.29, 1.82) is 0 Å². The highest BCUT2D eigenvalue weighted by Crippen LogP contribution is 1.79. The van der Waals surface area contributed by atoms with Crippen LogP contribution >= 0.6 is 58.9 Å². The molecule has 0 aliphatic heterocycles. The van der Waals surface area contributed by atoms with Crippen LogP contribution < -0.4 is 0 Å². The highest BCUT2D eigenvalue weighted by atomic mass is 35.5. The molecular weight excluding hydrogens is 479 g/mol. The van der Waals surface area contributed by atoms with Gasteiger partial charge >= 0.3 is 58.9 Å². The van der Waals surface area contributed by atoms with Crippen LogP contribution in [0.4, 0.5) is 0 Å². The van der Waals surface area contributed by atoms with Gasteiger partial charge in [0.15, 0.2) is 22.2 Å². The van der Waals surface area contributed by atoms with Gasteiger partial charge in [0.05, 0.1) is 0 Å². The molecule has 0 aliphatic carbocycles. The lowest BCUT2D eigenvalue weighted by molar-refractivity contribution is -0.310. The summed E-state index contributed by atoms with van der Waals surface area (Å²) < 4.78 is -5.14. The van der Waals surface area contributed by atoms with E-state index in [0.717, 1.165) is 0 Å². The lowest BCUT2D eigenvalue weighted by atomic mass is 10.4. The number of nitro groups is 5. The van der Waals surface area contributed by atoms with Crippen LogP contribution in [0.3, 0.4) is 0 Å². The highest BCUT2D eigenvalue weighted by molar-refractivity contribution is 6.05. The van der Waals surface area contributed by atoms with Crippen molar-refractivity contribution in [2.45, 2.75) is 0 Å². The summed E-state index contributed by atoms with van der Waals surface area (Å²) in [4.78, 5) is 42.9. The summed E-state index contributed by atoms with van der Waals surface area (Å²) in [7, 11) is 0. The fourth-order valence-electron chi connectivity index (χ4n) is 0.385. The lowest BCUT2D eigenvalue weighted by Crippen LogP contribution is -1.65. The highest BCUT2D eigenvalue weighted by Gasteiger charge is 1.69. The smallest absolute Gasteiger partial charge is 0.243 e. The van der Waals surface area contributed by atoms with Gasteiger partial charge in [-0.1, -0.05) is 36.4 Å². The Morgan fingerprint density at radius 3 is 0.462 bits per heavy atom. The first kappa shape index (κ1) is 34.9. The number of hydrogen-bond acceptors (Lipinski definition) is 10. The van der Waals surface area contributed by atoms with Gasteiger partial charge in [-0.25, -0.2) is 50.6 Å². The molecule has 0 unspecified atom stereocenters. The molecule has 15 nitrogen and oxygen atoms in total. The second-order valence-electron chi connectivity index (χ2n) is 2.22. The third kappa shape index (κ3) is 687. The van der Waals surface area contributed by atoms with Crippen LogP contribution in [0.25, 0.3) is 0 Å². The van der Waals surface area contributed by atoms with Crippen LogP contribution in [-0.2, 0) is 0 Å². The largest absolute Gasteiger partial charge is 0.333 e. The second kappa shape index (κ2) is 30.5. The third-order valence-electron chi connectivity index (χ3n) is 0.667. The molecule has 0 bridgehead atoms. The number of benzene rings is 1. The third-order valence-corrected chi connectivity index (χ3v) is 0.667. The zero-order valence-corrected chi connectivity index (χ0v) is 15.5. The Hall–Kier alpha value is -2.33. The van der Waals surface area contributed by atoms with E-state index in [-0.39, 0.29) is 0 Å². The standard InChI is InChI=1S/C6H6.5ClNO2/c1-2-4-6-5-3-1;5*1-2(3)4/h1-6H;;;;;. The summed E-state index contributed by atoms with van der Waals surface area (Å²) in [5.41, 5.74) is 0. The fourth-order valence-corrected chi connectivity index (χ4v) is 0.385. The molecule has 1 aromatic carbocycles. The zero-order valence-electron chi connectivity index (χ0n) is 11.7. The number of nitrogens with zero attached hydrogens (tertiary/aromatic N) is 5. The van der Waals surface area contributed by atoms with Gasteiger partial charge < -0.3 is 0 Å². The number of halogens is 5. The maximum atomic E-state index is 8.57. The first-order valence-electron chi connectivity index (χ1n) is 4.67. The van der Waals surface area contributed by atoms with Gasteiger partial charge in [0.1, 0.15) is 0 Å². The average molecular weight is 485 g/mol. The van der Waals surface area contributed by atoms with Crippen LogP contribution in [0.5, 0.6) is 0 Å². The van der Waals surface area contributed by atoms with E-state index in [1.54, 1.807) is 0 Å². The second-order valence-corrected chi connectivity index (χ2v) is 3.60. The van der Waals surface area contributed by atoms with Gasteiger partial charge in [-0.2, -0.15) is 0 Å². The summed E-state index contributed by atoms with van der Waals surface area (Å²) in [6.45, 7) is 0. The zero-order chi connectivity index (χ0) is 22.1. The maximum Gasteiger partial charge on any atom is 0.333 e. The summed E-state index contributed by atoms with van der Waals surface area (Å²) >= 11 is 20.0. The molecule has 0 radical (unpaired) electrons. The van der Waals surface area contributed by atoms with Crippen LogP contribution in [0.15, 0.2) is 36.4 Å². The Balaban J connectivity index is -0.0000000687. The molecular formula is C6H6Cl5N5O10. The van der Waals surface area contributed by atoms with E-state index in [1.807, 2.05) is 36.4 Å². The average Bonchev–Trinajstić information content (AvgIpc) is 2.37. The molecule has 0 aromatic heterocycles. The molecule has 0 amide bonds. The molecule has 0 spiro atoms. The van der Waals surface area contributed by atoms with Crippen LogP contribution in [-0.4, -0.2) is 22.2 Å². The van der Waals surface area contributed by atoms with Crippen molar-refractivity contribution >= 4 is 58.9 Å². The van der Waals surface area contributed by atoms with Gasteiger partial charge in [-0.05, 0) is 0 Å². The lowest BCUT2D eigenvalue weighted by Gasteiger charge is -1.69. The van der Waals surface area contributed by atoms with Crippen molar-refractivity contribution in [1.82, 2.24) is 0 Å². The van der Waals surface area contributed by atoms with E-state index in [4.69, 9.17) is 50.6 Å². The maximum absolute atomic E-state index is 8.57. The molecule has 1 aromatic rings. The molecule has 20 heteroatoms. The Labute approximate surface area is 168 Å². The minimum absolute atomic E-state index is 1.03. The van der Waals surface area contributed by atoms with Gasteiger partial charge in [0.2, 0.25) is 0 Å². The summed E-state index contributed by atoms with van der Waals surface area (Å²) in [6, 6.07) is 12.0. The van der Waals surface area contributed by atoms with Crippen LogP contribution in [0, 0.1) is 50.6 Å². The van der Waals surface area contributed by atoms with Gasteiger partial charge in [-0.3, -0.25) is 0 Å². The summed E-state index contributed by atoms with van der Waals surface area (Å²) in [5, 5.41) is 42.9. The molecule has 0 aliphatic rings.